The number of nitrogens with zero attached hydrogens (tertiary/aromatic N) is 5. The van der Waals surface area contributed by atoms with E-state index in [2.05, 4.69) is 25.6 Å². The number of amides is 1. The maximum atomic E-state index is 12.0. The lowest BCUT2D eigenvalue weighted by Crippen LogP contribution is -2.19. The third-order valence-corrected chi connectivity index (χ3v) is 2.94. The average molecular weight is 298 g/mol. The van der Waals surface area contributed by atoms with Gasteiger partial charge in [-0.1, -0.05) is 0 Å². The molecule has 8 nitrogen and oxygen atoms in total. The number of nitrogens with one attached hydrogen (secondary N) is 1. The van der Waals surface area contributed by atoms with Crippen LogP contribution in [0.2, 0.25) is 0 Å². The average Bonchev–Trinajstić information content (AvgIpc) is 3.05. The molecule has 0 radical (unpaired) electrons. The van der Waals surface area contributed by atoms with Gasteiger partial charge in [0.1, 0.15) is 11.5 Å². The molecule has 3 aromatic rings. The van der Waals surface area contributed by atoms with E-state index >= 15 is 0 Å². The van der Waals surface area contributed by atoms with Crippen LogP contribution < -0.4 is 5.43 Å². The van der Waals surface area contributed by atoms with Crippen LogP contribution in [0.25, 0.3) is 5.78 Å². The number of aromatic nitrogens is 4. The summed E-state index contributed by atoms with van der Waals surface area (Å²) in [5, 5.41) is 7.93. The Kier molecular flexibility index (Phi) is 3.42. The summed E-state index contributed by atoms with van der Waals surface area (Å²) in [6.45, 7) is 5.56. The summed E-state index contributed by atoms with van der Waals surface area (Å²) in [5.41, 5.74) is 4.02. The van der Waals surface area contributed by atoms with E-state index in [1.807, 2.05) is 32.9 Å². The van der Waals surface area contributed by atoms with Crippen LogP contribution in [0.5, 0.6) is 0 Å². The van der Waals surface area contributed by atoms with E-state index in [1.54, 1.807) is 6.07 Å². The van der Waals surface area contributed by atoms with Gasteiger partial charge < -0.3 is 4.42 Å². The summed E-state index contributed by atoms with van der Waals surface area (Å²) in [6.07, 6.45) is 1.41. The fourth-order valence-corrected chi connectivity index (χ4v) is 1.99. The van der Waals surface area contributed by atoms with Crippen LogP contribution in [0.15, 0.2) is 27.7 Å². The highest BCUT2D eigenvalue weighted by atomic mass is 16.3. The number of carbonyl (C=O) groups is 1. The fourth-order valence-electron chi connectivity index (χ4n) is 1.99. The van der Waals surface area contributed by atoms with E-state index < -0.39 is 5.91 Å². The second-order valence-electron chi connectivity index (χ2n) is 4.83. The predicted octanol–water partition coefficient (Wildman–Crippen LogP) is 1.41. The highest BCUT2D eigenvalue weighted by molar-refractivity contribution is 5.91. The Morgan fingerprint density at radius 3 is 2.86 bits per heavy atom. The zero-order valence-electron chi connectivity index (χ0n) is 12.4. The molecule has 1 amide bonds. The monoisotopic (exact) mass is 298 g/mol. The van der Waals surface area contributed by atoms with E-state index in [9.17, 15) is 4.79 Å². The molecule has 3 heterocycles. The normalized spacial score (nSPS) is 11.4. The highest BCUT2D eigenvalue weighted by Crippen LogP contribution is 2.05. The van der Waals surface area contributed by atoms with Crippen molar-refractivity contribution in [3.8, 4) is 0 Å². The van der Waals surface area contributed by atoms with Gasteiger partial charge in [0.05, 0.1) is 6.21 Å². The van der Waals surface area contributed by atoms with Gasteiger partial charge in [-0.2, -0.15) is 10.1 Å². The Bertz CT molecular complexity index is 877. The Labute approximate surface area is 125 Å². The third-order valence-electron chi connectivity index (χ3n) is 2.94. The van der Waals surface area contributed by atoms with E-state index in [4.69, 9.17) is 4.42 Å². The van der Waals surface area contributed by atoms with Crippen LogP contribution in [-0.4, -0.2) is 31.7 Å². The van der Waals surface area contributed by atoms with Gasteiger partial charge in [-0.15, -0.1) is 5.10 Å². The molecule has 112 valence electrons. The van der Waals surface area contributed by atoms with Crippen molar-refractivity contribution in [2.75, 3.05) is 0 Å². The van der Waals surface area contributed by atoms with Crippen LogP contribution in [0, 0.1) is 20.8 Å². The maximum absolute atomic E-state index is 12.0. The Hall–Kier alpha value is -3.03. The highest BCUT2D eigenvalue weighted by Gasteiger charge is 2.14. The van der Waals surface area contributed by atoms with Crippen molar-refractivity contribution in [1.82, 2.24) is 25.0 Å². The summed E-state index contributed by atoms with van der Waals surface area (Å²) in [7, 11) is 0. The molecule has 0 aliphatic rings. The van der Waals surface area contributed by atoms with Crippen LogP contribution >= 0.6 is 0 Å². The number of aryl methyl sites for hydroxylation is 3. The van der Waals surface area contributed by atoms with E-state index in [0.29, 0.717) is 11.5 Å². The van der Waals surface area contributed by atoms with Gasteiger partial charge in [-0.25, -0.2) is 14.9 Å². The number of hydrogen-bond acceptors (Lipinski definition) is 6. The fraction of sp³-hybridized carbons (Fsp3) is 0.214. The minimum atomic E-state index is -0.512. The second-order valence-corrected chi connectivity index (χ2v) is 4.83. The lowest BCUT2D eigenvalue weighted by molar-refractivity contribution is 0.0945. The van der Waals surface area contributed by atoms with Gasteiger partial charge in [-0.3, -0.25) is 4.79 Å². The molecule has 0 aliphatic carbocycles. The maximum Gasteiger partial charge on any atom is 0.311 e. The number of rotatable bonds is 3. The van der Waals surface area contributed by atoms with Crippen molar-refractivity contribution in [2.45, 2.75) is 20.8 Å². The predicted molar refractivity (Wildman–Crippen MR) is 78.8 cm³/mol. The molecule has 3 aromatic heterocycles. The second kappa shape index (κ2) is 5.40. The topological polar surface area (TPSA) is 97.7 Å². The Morgan fingerprint density at radius 2 is 2.14 bits per heavy atom. The van der Waals surface area contributed by atoms with Gasteiger partial charge in [0.25, 0.3) is 5.78 Å². The minimum absolute atomic E-state index is 0.00831. The van der Waals surface area contributed by atoms with Crippen LogP contribution in [0.1, 0.15) is 33.5 Å². The quantitative estimate of drug-likeness (QED) is 0.582. The van der Waals surface area contributed by atoms with Crippen LogP contribution in [0.4, 0.5) is 0 Å². The molecular formula is C14H14N6O2. The smallest absolute Gasteiger partial charge is 0.311 e. The van der Waals surface area contributed by atoms with Gasteiger partial charge >= 0.3 is 5.91 Å². The molecule has 0 unspecified atom stereocenters. The van der Waals surface area contributed by atoms with Gasteiger partial charge in [0.15, 0.2) is 0 Å². The zero-order chi connectivity index (χ0) is 15.7. The number of furan rings is 1. The summed E-state index contributed by atoms with van der Waals surface area (Å²) in [4.78, 5) is 20.3. The first-order valence-corrected chi connectivity index (χ1v) is 6.64. The van der Waals surface area contributed by atoms with Crippen molar-refractivity contribution >= 4 is 17.9 Å². The van der Waals surface area contributed by atoms with Crippen molar-refractivity contribution in [3.63, 3.8) is 0 Å². The minimum Gasteiger partial charge on any atom is -0.460 e. The number of hydrazone groups is 1. The lowest BCUT2D eigenvalue weighted by atomic mass is 10.4. The molecule has 0 aromatic carbocycles. The van der Waals surface area contributed by atoms with E-state index in [-0.39, 0.29) is 5.82 Å². The summed E-state index contributed by atoms with van der Waals surface area (Å²) in [6, 6.07) is 5.43. The molecule has 0 bridgehead atoms. The molecule has 0 saturated heterocycles. The van der Waals surface area contributed by atoms with Crippen LogP contribution in [0.3, 0.4) is 0 Å². The molecular weight excluding hydrogens is 284 g/mol. The summed E-state index contributed by atoms with van der Waals surface area (Å²) < 4.78 is 6.82. The first kappa shape index (κ1) is 13.9. The zero-order valence-corrected chi connectivity index (χ0v) is 12.4. The summed E-state index contributed by atoms with van der Waals surface area (Å²) >= 11 is 0. The van der Waals surface area contributed by atoms with Crippen molar-refractivity contribution in [2.24, 2.45) is 5.10 Å². The summed E-state index contributed by atoms with van der Waals surface area (Å²) in [5.74, 6) is 1.20. The van der Waals surface area contributed by atoms with Gasteiger partial charge in [0, 0.05) is 11.4 Å². The lowest BCUT2D eigenvalue weighted by Gasteiger charge is -1.97. The molecule has 3 rings (SSSR count). The van der Waals surface area contributed by atoms with E-state index in [1.165, 1.54) is 10.7 Å². The molecule has 0 aliphatic heterocycles. The molecule has 22 heavy (non-hydrogen) atoms. The number of hydrogen-bond donors (Lipinski definition) is 1. The van der Waals surface area contributed by atoms with Crippen molar-refractivity contribution < 1.29 is 9.21 Å². The van der Waals surface area contributed by atoms with Crippen molar-refractivity contribution in [1.29, 1.82) is 0 Å². The molecule has 8 heteroatoms. The Morgan fingerprint density at radius 1 is 1.32 bits per heavy atom. The van der Waals surface area contributed by atoms with Crippen LogP contribution in [-0.2, 0) is 0 Å². The molecule has 0 fully saturated rings. The van der Waals surface area contributed by atoms with Gasteiger partial charge in [0.2, 0.25) is 5.82 Å². The Balaban J connectivity index is 1.77. The first-order valence-electron chi connectivity index (χ1n) is 6.64. The number of fused-ring (bicyclic) bond motifs is 1. The number of carbonyl (C=O) groups excluding carboxylic acids is 1. The third kappa shape index (κ3) is 2.71. The van der Waals surface area contributed by atoms with E-state index in [0.717, 1.165) is 17.1 Å². The van der Waals surface area contributed by atoms with Gasteiger partial charge in [-0.05, 0) is 39.0 Å². The van der Waals surface area contributed by atoms with Crippen molar-refractivity contribution in [3.05, 3.63) is 46.9 Å². The molecule has 0 spiro atoms. The largest absolute Gasteiger partial charge is 0.460 e. The molecule has 0 saturated carbocycles. The molecule has 1 N–H and O–H groups in total. The SMILES string of the molecule is Cc1cc(C)n2nc(C(=O)N/N=C/c3ccc(C)o3)nc2n1. The first-order chi connectivity index (χ1) is 10.5. The standard InChI is InChI=1S/C14H14N6O2/c1-8-6-9(2)20-14(16-8)17-12(19-20)13(21)18-15-7-11-5-4-10(3)22-11/h4-7H,1-3H3,(H,18,21)/b15-7+. The molecule has 0 atom stereocenters.